The minimum absolute atomic E-state index is 0.144. The van der Waals surface area contributed by atoms with Crippen LogP contribution in [0.5, 0.6) is 0 Å². The Labute approximate surface area is 118 Å². The summed E-state index contributed by atoms with van der Waals surface area (Å²) in [5.74, 6) is -3.38. The highest BCUT2D eigenvalue weighted by Crippen LogP contribution is 2.40. The summed E-state index contributed by atoms with van der Waals surface area (Å²) < 4.78 is 0. The molecule has 2 rings (SSSR count). The van der Waals surface area contributed by atoms with Gasteiger partial charge in [-0.05, 0) is 55.7 Å². The topological polar surface area (TPSA) is 74.6 Å². The number of carboxylic acids is 2. The van der Waals surface area contributed by atoms with Crippen molar-refractivity contribution in [3.8, 4) is 0 Å². The average Bonchev–Trinajstić information content (AvgIpc) is 2.41. The third-order valence-electron chi connectivity index (χ3n) is 4.49. The van der Waals surface area contributed by atoms with E-state index in [0.29, 0.717) is 12.8 Å². The van der Waals surface area contributed by atoms with Crippen LogP contribution in [0.3, 0.4) is 0 Å². The van der Waals surface area contributed by atoms with E-state index in [2.05, 4.69) is 6.07 Å². The Morgan fingerprint density at radius 3 is 2.20 bits per heavy atom. The van der Waals surface area contributed by atoms with E-state index >= 15 is 0 Å². The predicted molar refractivity (Wildman–Crippen MR) is 74.8 cm³/mol. The van der Waals surface area contributed by atoms with Crippen LogP contribution >= 0.6 is 0 Å². The second-order valence-electron chi connectivity index (χ2n) is 5.74. The number of hydrogen-bond acceptors (Lipinski definition) is 2. The highest BCUT2D eigenvalue weighted by Gasteiger charge is 2.39. The maximum Gasteiger partial charge on any atom is 0.307 e. The molecule has 4 heteroatoms. The number of carboxylic acid groups (broad SMARTS) is 2. The first-order chi connectivity index (χ1) is 9.40. The molecule has 2 N–H and O–H groups in total. The summed E-state index contributed by atoms with van der Waals surface area (Å²) in [6.07, 6.45) is 1.59. The molecule has 1 aromatic carbocycles. The maximum absolute atomic E-state index is 11.3. The first-order valence-electron chi connectivity index (χ1n) is 6.93. The first kappa shape index (κ1) is 14.6. The largest absolute Gasteiger partial charge is 0.481 e. The van der Waals surface area contributed by atoms with Crippen LogP contribution < -0.4 is 0 Å². The van der Waals surface area contributed by atoms with Gasteiger partial charge in [0, 0.05) is 0 Å². The number of aliphatic carboxylic acids is 2. The summed E-state index contributed by atoms with van der Waals surface area (Å²) in [7, 11) is 0. The summed E-state index contributed by atoms with van der Waals surface area (Å²) >= 11 is 0. The van der Waals surface area contributed by atoms with Crippen molar-refractivity contribution in [2.24, 2.45) is 11.8 Å². The Morgan fingerprint density at radius 1 is 1.00 bits per heavy atom. The Kier molecular flexibility index (Phi) is 4.12. The summed E-state index contributed by atoms with van der Waals surface area (Å²) in [6.45, 7) is 4.08. The zero-order valence-corrected chi connectivity index (χ0v) is 11.8. The number of carbonyl (C=O) groups is 2. The minimum atomic E-state index is -0.995. The predicted octanol–water partition coefficient (Wildman–Crippen LogP) is 2.97. The molecular weight excluding hydrogens is 256 g/mol. The number of rotatable bonds is 3. The molecule has 3 atom stereocenters. The number of hydrogen-bond donors (Lipinski definition) is 2. The Hall–Kier alpha value is -1.84. The van der Waals surface area contributed by atoms with Crippen LogP contribution in [0.2, 0.25) is 0 Å². The third kappa shape index (κ3) is 2.84. The van der Waals surface area contributed by atoms with E-state index in [1.54, 1.807) is 0 Å². The first-order valence-corrected chi connectivity index (χ1v) is 6.93. The molecule has 0 aromatic heterocycles. The standard InChI is InChI=1S/C16H20O4/c1-9-3-4-11(7-10(9)2)12-5-6-13(15(17)18)14(8-12)16(19)20/h3-4,7,12-14H,5-6,8H2,1-2H3,(H,17,18)(H,19,20)/t12-,13-,14-/m1/s1. The lowest BCUT2D eigenvalue weighted by Crippen LogP contribution is -2.35. The molecule has 4 nitrogen and oxygen atoms in total. The van der Waals surface area contributed by atoms with E-state index in [4.69, 9.17) is 5.11 Å². The highest BCUT2D eigenvalue weighted by molar-refractivity contribution is 5.80. The molecule has 0 amide bonds. The van der Waals surface area contributed by atoms with Crippen LogP contribution in [0, 0.1) is 25.7 Å². The van der Waals surface area contributed by atoms with E-state index in [1.165, 1.54) is 11.1 Å². The van der Waals surface area contributed by atoms with E-state index in [-0.39, 0.29) is 5.92 Å². The van der Waals surface area contributed by atoms with Crippen molar-refractivity contribution in [1.82, 2.24) is 0 Å². The van der Waals surface area contributed by atoms with Crippen LogP contribution in [0.25, 0.3) is 0 Å². The highest BCUT2D eigenvalue weighted by atomic mass is 16.4. The van der Waals surface area contributed by atoms with Gasteiger partial charge in [0.2, 0.25) is 0 Å². The van der Waals surface area contributed by atoms with Crippen LogP contribution in [-0.2, 0) is 9.59 Å². The van der Waals surface area contributed by atoms with Gasteiger partial charge in [0.1, 0.15) is 0 Å². The van der Waals surface area contributed by atoms with Crippen molar-refractivity contribution in [2.75, 3.05) is 0 Å². The Bertz CT molecular complexity index is 535. The molecule has 1 aromatic rings. The van der Waals surface area contributed by atoms with Crippen molar-refractivity contribution in [1.29, 1.82) is 0 Å². The number of aryl methyl sites for hydroxylation is 2. The monoisotopic (exact) mass is 276 g/mol. The van der Waals surface area contributed by atoms with Crippen molar-refractivity contribution in [3.05, 3.63) is 34.9 Å². The van der Waals surface area contributed by atoms with E-state index in [0.717, 1.165) is 12.0 Å². The molecule has 20 heavy (non-hydrogen) atoms. The Morgan fingerprint density at radius 2 is 1.65 bits per heavy atom. The molecule has 108 valence electrons. The van der Waals surface area contributed by atoms with Gasteiger partial charge in [-0.25, -0.2) is 0 Å². The maximum atomic E-state index is 11.3. The molecule has 1 aliphatic rings. The summed E-state index contributed by atoms with van der Waals surface area (Å²) in [5.41, 5.74) is 3.53. The molecule has 0 radical (unpaired) electrons. The fraction of sp³-hybridized carbons (Fsp3) is 0.500. The van der Waals surface area contributed by atoms with Gasteiger partial charge < -0.3 is 10.2 Å². The van der Waals surface area contributed by atoms with Crippen molar-refractivity contribution >= 4 is 11.9 Å². The van der Waals surface area contributed by atoms with E-state index < -0.39 is 23.8 Å². The molecule has 0 bridgehead atoms. The fourth-order valence-electron chi connectivity index (χ4n) is 3.06. The SMILES string of the molecule is Cc1ccc([C@@H]2CC[C@@H](C(=O)O)[C@H](C(=O)O)C2)cc1C. The van der Waals surface area contributed by atoms with Crippen LogP contribution in [-0.4, -0.2) is 22.2 Å². The Balaban J connectivity index is 2.21. The van der Waals surface area contributed by atoms with Gasteiger partial charge in [0.05, 0.1) is 11.8 Å². The fourth-order valence-corrected chi connectivity index (χ4v) is 3.06. The molecule has 1 saturated carbocycles. The molecule has 1 fully saturated rings. The molecule has 0 spiro atoms. The van der Waals surface area contributed by atoms with Gasteiger partial charge >= 0.3 is 11.9 Å². The zero-order valence-electron chi connectivity index (χ0n) is 11.8. The molecule has 0 saturated heterocycles. The van der Waals surface area contributed by atoms with Gasteiger partial charge in [-0.2, -0.15) is 0 Å². The second-order valence-corrected chi connectivity index (χ2v) is 5.74. The lowest BCUT2D eigenvalue weighted by Gasteiger charge is -2.32. The quantitative estimate of drug-likeness (QED) is 0.890. The van der Waals surface area contributed by atoms with Crippen LogP contribution in [0.4, 0.5) is 0 Å². The molecule has 0 unspecified atom stereocenters. The van der Waals surface area contributed by atoms with Crippen molar-refractivity contribution in [3.63, 3.8) is 0 Å². The van der Waals surface area contributed by atoms with Crippen molar-refractivity contribution < 1.29 is 19.8 Å². The second kappa shape index (κ2) is 5.65. The number of benzene rings is 1. The molecular formula is C16H20O4. The summed E-state index contributed by atoms with van der Waals surface area (Å²) in [6, 6.07) is 6.18. The molecule has 1 aliphatic carbocycles. The van der Waals surface area contributed by atoms with Gasteiger partial charge in [-0.1, -0.05) is 18.2 Å². The average molecular weight is 276 g/mol. The zero-order chi connectivity index (χ0) is 14.9. The smallest absolute Gasteiger partial charge is 0.307 e. The third-order valence-corrected chi connectivity index (χ3v) is 4.49. The van der Waals surface area contributed by atoms with Gasteiger partial charge in [-0.3, -0.25) is 9.59 Å². The van der Waals surface area contributed by atoms with E-state index in [1.807, 2.05) is 26.0 Å². The summed E-state index contributed by atoms with van der Waals surface area (Å²) in [5, 5.41) is 18.4. The summed E-state index contributed by atoms with van der Waals surface area (Å²) in [4.78, 5) is 22.5. The minimum Gasteiger partial charge on any atom is -0.481 e. The van der Waals surface area contributed by atoms with Crippen LogP contribution in [0.15, 0.2) is 18.2 Å². The van der Waals surface area contributed by atoms with E-state index in [9.17, 15) is 14.7 Å². The lowest BCUT2D eigenvalue weighted by atomic mass is 9.71. The van der Waals surface area contributed by atoms with Gasteiger partial charge in [-0.15, -0.1) is 0 Å². The van der Waals surface area contributed by atoms with Gasteiger partial charge in [0.25, 0.3) is 0 Å². The molecule has 0 heterocycles. The molecule has 0 aliphatic heterocycles. The van der Waals surface area contributed by atoms with Crippen LogP contribution in [0.1, 0.15) is 41.9 Å². The lowest BCUT2D eigenvalue weighted by molar-refractivity contribution is -0.155. The van der Waals surface area contributed by atoms with Gasteiger partial charge in [0.15, 0.2) is 0 Å². The van der Waals surface area contributed by atoms with Crippen molar-refractivity contribution in [2.45, 2.75) is 39.0 Å². The normalized spacial score (nSPS) is 26.2.